The molecule has 1 rings (SSSR count). The number of nitrogen functional groups attached to an aromatic ring is 1. The summed E-state index contributed by atoms with van der Waals surface area (Å²) in [5.74, 6) is -1.07. The van der Waals surface area contributed by atoms with Gasteiger partial charge in [-0.25, -0.2) is 17.5 Å². The molecule has 0 saturated carbocycles. The van der Waals surface area contributed by atoms with E-state index in [1.54, 1.807) is 0 Å². The van der Waals surface area contributed by atoms with Gasteiger partial charge in [-0.2, -0.15) is 0 Å². The lowest BCUT2D eigenvalue weighted by Gasteiger charge is -2.13. The average Bonchev–Trinajstić information content (AvgIpc) is 2.27. The van der Waals surface area contributed by atoms with Gasteiger partial charge < -0.3 is 15.6 Å². The summed E-state index contributed by atoms with van der Waals surface area (Å²) in [5, 5.41) is 8.79. The second kappa shape index (κ2) is 5.51. The second-order valence-electron chi connectivity index (χ2n) is 3.73. The molecule has 1 unspecified atom stereocenters. The smallest absolute Gasteiger partial charge is 0.241 e. The van der Waals surface area contributed by atoms with Crippen molar-refractivity contribution in [1.29, 1.82) is 0 Å². The van der Waals surface area contributed by atoms with Gasteiger partial charge in [-0.3, -0.25) is 0 Å². The quantitative estimate of drug-likeness (QED) is 0.662. The minimum atomic E-state index is -3.93. The van der Waals surface area contributed by atoms with E-state index in [4.69, 9.17) is 15.6 Å². The highest BCUT2D eigenvalue weighted by Gasteiger charge is 2.20. The SMILES string of the molecule is COc1c(N)cc(S(=O)(=O)NC(C)CO)cc1F. The van der Waals surface area contributed by atoms with Crippen LogP contribution in [0.5, 0.6) is 5.75 Å². The summed E-state index contributed by atoms with van der Waals surface area (Å²) in [5.41, 5.74) is 5.37. The van der Waals surface area contributed by atoms with E-state index in [-0.39, 0.29) is 22.9 Å². The van der Waals surface area contributed by atoms with Crippen LogP contribution in [0.4, 0.5) is 10.1 Å². The number of anilines is 1. The Balaban J connectivity index is 3.18. The Hall–Kier alpha value is -1.38. The van der Waals surface area contributed by atoms with Crippen LogP contribution in [0.15, 0.2) is 17.0 Å². The van der Waals surface area contributed by atoms with Crippen LogP contribution in [0.2, 0.25) is 0 Å². The maximum atomic E-state index is 13.5. The van der Waals surface area contributed by atoms with Gasteiger partial charge in [0, 0.05) is 6.04 Å². The standard InChI is InChI=1S/C10H15FN2O4S/c1-6(5-14)13-18(15,16)7-3-8(11)10(17-2)9(12)4-7/h3-4,6,13-14H,5,12H2,1-2H3. The molecule has 0 aliphatic carbocycles. The zero-order valence-electron chi connectivity index (χ0n) is 9.97. The van der Waals surface area contributed by atoms with Gasteiger partial charge in [0.05, 0.1) is 24.3 Å². The average molecular weight is 278 g/mol. The number of ether oxygens (including phenoxy) is 1. The molecule has 18 heavy (non-hydrogen) atoms. The van der Waals surface area contributed by atoms with Crippen LogP contribution in [0.3, 0.4) is 0 Å². The molecule has 0 amide bonds. The molecule has 0 heterocycles. The lowest BCUT2D eigenvalue weighted by Crippen LogP contribution is -2.35. The lowest BCUT2D eigenvalue weighted by molar-refractivity contribution is 0.265. The highest BCUT2D eigenvalue weighted by atomic mass is 32.2. The Morgan fingerprint density at radius 3 is 2.61 bits per heavy atom. The van der Waals surface area contributed by atoms with E-state index >= 15 is 0 Å². The van der Waals surface area contributed by atoms with Crippen molar-refractivity contribution in [2.75, 3.05) is 19.5 Å². The minimum absolute atomic E-state index is 0.116. The molecule has 0 aromatic heterocycles. The van der Waals surface area contributed by atoms with E-state index in [0.29, 0.717) is 0 Å². The Morgan fingerprint density at radius 2 is 2.17 bits per heavy atom. The Labute approximate surface area is 105 Å². The fourth-order valence-corrected chi connectivity index (χ4v) is 2.61. The van der Waals surface area contributed by atoms with Crippen LogP contribution >= 0.6 is 0 Å². The lowest BCUT2D eigenvalue weighted by atomic mass is 10.3. The molecule has 1 aromatic carbocycles. The molecule has 6 nitrogen and oxygen atoms in total. The van der Waals surface area contributed by atoms with E-state index in [2.05, 4.69) is 4.72 Å². The summed E-state index contributed by atoms with van der Waals surface area (Å²) in [6.45, 7) is 1.11. The number of aliphatic hydroxyl groups excluding tert-OH is 1. The van der Waals surface area contributed by atoms with E-state index in [9.17, 15) is 12.8 Å². The van der Waals surface area contributed by atoms with Crippen LogP contribution in [-0.2, 0) is 10.0 Å². The van der Waals surface area contributed by atoms with Gasteiger partial charge in [-0.05, 0) is 19.1 Å². The number of benzene rings is 1. The molecule has 0 fully saturated rings. The third-order valence-corrected chi connectivity index (χ3v) is 3.76. The molecule has 0 spiro atoms. The number of rotatable bonds is 5. The van der Waals surface area contributed by atoms with Gasteiger partial charge in [-0.1, -0.05) is 0 Å². The fourth-order valence-electron chi connectivity index (χ4n) is 1.33. The number of hydrogen-bond acceptors (Lipinski definition) is 5. The largest absolute Gasteiger partial charge is 0.492 e. The van der Waals surface area contributed by atoms with E-state index in [0.717, 1.165) is 12.1 Å². The zero-order chi connectivity index (χ0) is 13.9. The van der Waals surface area contributed by atoms with Crippen molar-refractivity contribution in [2.45, 2.75) is 17.9 Å². The molecule has 0 aliphatic heterocycles. The molecule has 1 aromatic rings. The number of sulfonamides is 1. The first kappa shape index (κ1) is 14.7. The summed E-state index contributed by atoms with van der Waals surface area (Å²) in [6, 6.07) is 1.22. The van der Waals surface area contributed by atoms with Gasteiger partial charge in [0.15, 0.2) is 11.6 Å². The highest BCUT2D eigenvalue weighted by Crippen LogP contribution is 2.28. The van der Waals surface area contributed by atoms with Gasteiger partial charge >= 0.3 is 0 Å². The normalized spacial score (nSPS) is 13.3. The first-order valence-corrected chi connectivity index (χ1v) is 6.56. The molecular weight excluding hydrogens is 263 g/mol. The summed E-state index contributed by atoms with van der Waals surface area (Å²) < 4.78 is 44.0. The Bertz CT molecular complexity index is 510. The predicted molar refractivity (Wildman–Crippen MR) is 64.2 cm³/mol. The third kappa shape index (κ3) is 3.09. The molecule has 0 aliphatic rings. The monoisotopic (exact) mass is 278 g/mol. The Morgan fingerprint density at radius 1 is 1.56 bits per heavy atom. The number of nitrogens with two attached hydrogens (primary N) is 1. The van der Waals surface area contributed by atoms with Crippen molar-refractivity contribution in [2.24, 2.45) is 0 Å². The number of aliphatic hydroxyl groups is 1. The number of hydrogen-bond donors (Lipinski definition) is 3. The number of methoxy groups -OCH3 is 1. The molecule has 0 radical (unpaired) electrons. The maximum absolute atomic E-state index is 13.5. The summed E-state index contributed by atoms with van der Waals surface area (Å²) in [6.07, 6.45) is 0. The molecule has 102 valence electrons. The third-order valence-electron chi connectivity index (χ3n) is 2.19. The number of nitrogens with one attached hydrogen (secondary N) is 1. The van der Waals surface area contributed by atoms with Crippen LogP contribution in [0, 0.1) is 5.82 Å². The van der Waals surface area contributed by atoms with E-state index in [1.807, 2.05) is 0 Å². The molecule has 1 atom stereocenters. The van der Waals surface area contributed by atoms with Crippen molar-refractivity contribution in [3.05, 3.63) is 17.9 Å². The molecular formula is C10H15FN2O4S. The molecule has 8 heteroatoms. The van der Waals surface area contributed by atoms with Crippen molar-refractivity contribution in [3.63, 3.8) is 0 Å². The zero-order valence-corrected chi connectivity index (χ0v) is 10.8. The van der Waals surface area contributed by atoms with Crippen molar-refractivity contribution >= 4 is 15.7 Å². The minimum Gasteiger partial charge on any atom is -0.492 e. The van der Waals surface area contributed by atoms with E-state index in [1.165, 1.54) is 14.0 Å². The van der Waals surface area contributed by atoms with Crippen molar-refractivity contribution < 1.29 is 22.7 Å². The summed E-state index contributed by atoms with van der Waals surface area (Å²) >= 11 is 0. The second-order valence-corrected chi connectivity index (χ2v) is 5.45. The highest BCUT2D eigenvalue weighted by molar-refractivity contribution is 7.89. The van der Waals surface area contributed by atoms with Crippen molar-refractivity contribution in [1.82, 2.24) is 4.72 Å². The van der Waals surface area contributed by atoms with Gasteiger partial charge in [0.2, 0.25) is 10.0 Å². The van der Waals surface area contributed by atoms with Crippen LogP contribution < -0.4 is 15.2 Å². The van der Waals surface area contributed by atoms with E-state index < -0.39 is 21.9 Å². The van der Waals surface area contributed by atoms with Crippen LogP contribution in [-0.4, -0.2) is 33.3 Å². The summed E-state index contributed by atoms with van der Waals surface area (Å²) in [4.78, 5) is -0.321. The predicted octanol–water partition coefficient (Wildman–Crippen LogP) is 0.0756. The van der Waals surface area contributed by atoms with Crippen molar-refractivity contribution in [3.8, 4) is 5.75 Å². The Kier molecular flexibility index (Phi) is 4.49. The van der Waals surface area contributed by atoms with Gasteiger partial charge in [-0.15, -0.1) is 0 Å². The first-order valence-electron chi connectivity index (χ1n) is 5.08. The molecule has 0 bridgehead atoms. The fraction of sp³-hybridized carbons (Fsp3) is 0.400. The topological polar surface area (TPSA) is 102 Å². The van der Waals surface area contributed by atoms with Crippen LogP contribution in [0.25, 0.3) is 0 Å². The number of halogens is 1. The maximum Gasteiger partial charge on any atom is 0.241 e. The first-order chi connectivity index (χ1) is 8.31. The molecule has 4 N–H and O–H groups in total. The molecule has 0 saturated heterocycles. The van der Waals surface area contributed by atoms with Gasteiger partial charge in [0.1, 0.15) is 0 Å². The van der Waals surface area contributed by atoms with Gasteiger partial charge in [0.25, 0.3) is 0 Å². The summed E-state index contributed by atoms with van der Waals surface area (Å²) in [7, 11) is -2.70. The van der Waals surface area contributed by atoms with Crippen LogP contribution in [0.1, 0.15) is 6.92 Å².